The highest BCUT2D eigenvalue weighted by Crippen LogP contribution is 2.29. The molecule has 0 aliphatic carbocycles. The molecular formula is C17H15Cl2NO. The summed E-state index contributed by atoms with van der Waals surface area (Å²) in [4.78, 5) is 12.6. The van der Waals surface area contributed by atoms with Gasteiger partial charge in [0.15, 0.2) is 5.78 Å². The predicted molar refractivity (Wildman–Crippen MR) is 86.1 cm³/mol. The third kappa shape index (κ3) is 2.98. The van der Waals surface area contributed by atoms with E-state index in [9.17, 15) is 4.79 Å². The van der Waals surface area contributed by atoms with Crippen LogP contribution in [0.5, 0.6) is 0 Å². The largest absolute Gasteiger partial charge is 0.303 e. The maximum Gasteiger partial charge on any atom is 0.158 e. The van der Waals surface area contributed by atoms with Gasteiger partial charge in [-0.1, -0.05) is 59.6 Å². The zero-order valence-electron chi connectivity index (χ0n) is 11.4. The minimum atomic E-state index is -0.259. The second-order valence-electron chi connectivity index (χ2n) is 5.19. The Hall–Kier alpha value is -1.35. The standard InChI is InChI=1S/C17H15Cl2NO/c18-14-7-3-5-12(16(14)19)10-15(21)17-13-6-2-1-4-11(13)8-9-20-17/h1-7,17,20H,8-10H2. The number of hydrogen-bond acceptors (Lipinski definition) is 2. The molecule has 1 atom stereocenters. The van der Waals surface area contributed by atoms with Crippen molar-refractivity contribution < 1.29 is 4.79 Å². The van der Waals surface area contributed by atoms with Crippen LogP contribution >= 0.6 is 23.2 Å². The van der Waals surface area contributed by atoms with Crippen LogP contribution in [0.2, 0.25) is 10.0 Å². The maximum absolute atomic E-state index is 12.6. The molecule has 3 rings (SSSR count). The van der Waals surface area contributed by atoms with Gasteiger partial charge in [-0.3, -0.25) is 4.79 Å². The third-order valence-corrected chi connectivity index (χ3v) is 4.69. The first-order valence-corrected chi connectivity index (χ1v) is 7.69. The summed E-state index contributed by atoms with van der Waals surface area (Å²) in [5, 5.41) is 4.26. The van der Waals surface area contributed by atoms with Crippen LogP contribution in [-0.4, -0.2) is 12.3 Å². The molecule has 108 valence electrons. The van der Waals surface area contributed by atoms with Crippen LogP contribution in [0.1, 0.15) is 22.7 Å². The smallest absolute Gasteiger partial charge is 0.158 e. The van der Waals surface area contributed by atoms with Crippen LogP contribution in [0, 0.1) is 0 Å². The topological polar surface area (TPSA) is 29.1 Å². The number of fused-ring (bicyclic) bond motifs is 1. The van der Waals surface area contributed by atoms with E-state index in [0.29, 0.717) is 10.0 Å². The van der Waals surface area contributed by atoms with Gasteiger partial charge < -0.3 is 5.32 Å². The molecule has 0 bridgehead atoms. The van der Waals surface area contributed by atoms with Crippen LogP contribution in [0.15, 0.2) is 42.5 Å². The fourth-order valence-electron chi connectivity index (χ4n) is 2.77. The molecule has 1 aliphatic heterocycles. The zero-order valence-corrected chi connectivity index (χ0v) is 12.9. The van der Waals surface area contributed by atoms with Crippen molar-refractivity contribution in [3.8, 4) is 0 Å². The summed E-state index contributed by atoms with van der Waals surface area (Å²) in [5.74, 6) is 0.117. The molecule has 1 heterocycles. The van der Waals surface area contributed by atoms with E-state index < -0.39 is 0 Å². The minimum absolute atomic E-state index is 0.117. The van der Waals surface area contributed by atoms with E-state index in [2.05, 4.69) is 11.4 Å². The summed E-state index contributed by atoms with van der Waals surface area (Å²) in [6.45, 7) is 0.816. The number of ketones is 1. The molecule has 4 heteroatoms. The minimum Gasteiger partial charge on any atom is -0.303 e. The van der Waals surface area contributed by atoms with E-state index >= 15 is 0 Å². The third-order valence-electron chi connectivity index (χ3n) is 3.83. The number of benzene rings is 2. The van der Waals surface area contributed by atoms with Gasteiger partial charge in [-0.05, 0) is 29.2 Å². The summed E-state index contributed by atoms with van der Waals surface area (Å²) in [6, 6.07) is 13.2. The molecule has 0 spiro atoms. The van der Waals surface area contributed by atoms with Crippen molar-refractivity contribution in [3.05, 3.63) is 69.2 Å². The van der Waals surface area contributed by atoms with Crippen molar-refractivity contribution in [2.24, 2.45) is 0 Å². The van der Waals surface area contributed by atoms with E-state index in [1.54, 1.807) is 6.07 Å². The summed E-state index contributed by atoms with van der Waals surface area (Å²) in [5.41, 5.74) is 3.10. The molecule has 0 saturated carbocycles. The van der Waals surface area contributed by atoms with Gasteiger partial charge in [-0.2, -0.15) is 0 Å². The van der Waals surface area contributed by atoms with Crippen molar-refractivity contribution in [1.82, 2.24) is 5.32 Å². The molecule has 2 aromatic carbocycles. The highest BCUT2D eigenvalue weighted by Gasteiger charge is 2.26. The number of carbonyl (C=O) groups is 1. The molecule has 1 unspecified atom stereocenters. The fraction of sp³-hybridized carbons (Fsp3) is 0.235. The van der Waals surface area contributed by atoms with E-state index in [-0.39, 0.29) is 18.2 Å². The lowest BCUT2D eigenvalue weighted by molar-refractivity contribution is -0.120. The van der Waals surface area contributed by atoms with Gasteiger partial charge in [0.1, 0.15) is 0 Å². The highest BCUT2D eigenvalue weighted by atomic mass is 35.5. The molecule has 0 fully saturated rings. The SMILES string of the molecule is O=C(Cc1cccc(Cl)c1Cl)C1NCCc2ccccc21. The predicted octanol–water partition coefficient (Wildman–Crippen LogP) is 3.99. The van der Waals surface area contributed by atoms with Crippen LogP contribution in [0.3, 0.4) is 0 Å². The lowest BCUT2D eigenvalue weighted by Crippen LogP contribution is -2.35. The van der Waals surface area contributed by atoms with Gasteiger partial charge in [0.05, 0.1) is 16.1 Å². The van der Waals surface area contributed by atoms with Gasteiger partial charge in [-0.15, -0.1) is 0 Å². The molecular weight excluding hydrogens is 305 g/mol. The van der Waals surface area contributed by atoms with Crippen molar-refractivity contribution in [1.29, 1.82) is 0 Å². The highest BCUT2D eigenvalue weighted by molar-refractivity contribution is 6.42. The van der Waals surface area contributed by atoms with Crippen LogP contribution in [0.25, 0.3) is 0 Å². The lowest BCUT2D eigenvalue weighted by atomic mass is 9.90. The average molecular weight is 320 g/mol. The van der Waals surface area contributed by atoms with Gasteiger partial charge >= 0.3 is 0 Å². The number of hydrogen-bond donors (Lipinski definition) is 1. The Kier molecular flexibility index (Phi) is 4.29. The molecule has 1 aliphatic rings. The van der Waals surface area contributed by atoms with Gasteiger partial charge in [-0.25, -0.2) is 0 Å². The van der Waals surface area contributed by atoms with Crippen LogP contribution in [-0.2, 0) is 17.6 Å². The zero-order chi connectivity index (χ0) is 14.8. The Balaban J connectivity index is 1.85. The first-order valence-electron chi connectivity index (χ1n) is 6.93. The first-order chi connectivity index (χ1) is 10.2. The van der Waals surface area contributed by atoms with Gasteiger partial charge in [0.2, 0.25) is 0 Å². The molecule has 0 amide bonds. The summed E-state index contributed by atoms with van der Waals surface area (Å²) >= 11 is 12.2. The Morgan fingerprint density at radius 2 is 1.95 bits per heavy atom. The quantitative estimate of drug-likeness (QED) is 0.926. The van der Waals surface area contributed by atoms with Gasteiger partial charge in [0, 0.05) is 13.0 Å². The Labute approximate surface area is 134 Å². The van der Waals surface area contributed by atoms with Crippen LogP contribution in [0.4, 0.5) is 0 Å². The number of carbonyl (C=O) groups excluding carboxylic acids is 1. The van der Waals surface area contributed by atoms with Crippen molar-refractivity contribution in [2.75, 3.05) is 6.54 Å². The van der Waals surface area contributed by atoms with Gasteiger partial charge in [0.25, 0.3) is 0 Å². The van der Waals surface area contributed by atoms with Crippen molar-refractivity contribution >= 4 is 29.0 Å². The van der Waals surface area contributed by atoms with E-state index in [0.717, 1.165) is 24.1 Å². The molecule has 0 aromatic heterocycles. The summed E-state index contributed by atoms with van der Waals surface area (Å²) in [7, 11) is 0. The molecule has 0 saturated heterocycles. The Morgan fingerprint density at radius 1 is 1.14 bits per heavy atom. The van der Waals surface area contributed by atoms with E-state index in [1.807, 2.05) is 30.3 Å². The second-order valence-corrected chi connectivity index (χ2v) is 5.98. The lowest BCUT2D eigenvalue weighted by Gasteiger charge is -2.26. The fourth-order valence-corrected chi connectivity index (χ4v) is 3.15. The second kappa shape index (κ2) is 6.18. The molecule has 2 aromatic rings. The number of rotatable bonds is 3. The maximum atomic E-state index is 12.6. The van der Waals surface area contributed by atoms with Crippen LogP contribution < -0.4 is 5.32 Å². The number of halogens is 2. The summed E-state index contributed by atoms with van der Waals surface area (Å²) in [6.07, 6.45) is 1.24. The Morgan fingerprint density at radius 3 is 2.81 bits per heavy atom. The summed E-state index contributed by atoms with van der Waals surface area (Å²) < 4.78 is 0. The normalized spacial score (nSPS) is 17.3. The molecule has 0 radical (unpaired) electrons. The monoisotopic (exact) mass is 319 g/mol. The van der Waals surface area contributed by atoms with E-state index in [4.69, 9.17) is 23.2 Å². The van der Waals surface area contributed by atoms with Crippen molar-refractivity contribution in [3.63, 3.8) is 0 Å². The molecule has 1 N–H and O–H groups in total. The Bertz CT molecular complexity index is 684. The van der Waals surface area contributed by atoms with E-state index in [1.165, 1.54) is 5.56 Å². The molecule has 2 nitrogen and oxygen atoms in total. The number of Topliss-reactive ketones (excluding diaryl/α,β-unsaturated/α-hetero) is 1. The molecule has 21 heavy (non-hydrogen) atoms. The average Bonchev–Trinajstić information content (AvgIpc) is 2.51. The first kappa shape index (κ1) is 14.6. The van der Waals surface area contributed by atoms with Crippen molar-refractivity contribution in [2.45, 2.75) is 18.9 Å². The number of nitrogens with one attached hydrogen (secondary N) is 1.